The van der Waals surface area contributed by atoms with Gasteiger partial charge in [-0.05, 0) is 25.7 Å². The summed E-state index contributed by atoms with van der Waals surface area (Å²) < 4.78 is 4.66. The Morgan fingerprint density at radius 1 is 1.47 bits per heavy atom. The van der Waals surface area contributed by atoms with E-state index in [4.69, 9.17) is 0 Å². The molecule has 1 N–H and O–H groups in total. The van der Waals surface area contributed by atoms with E-state index in [0.29, 0.717) is 6.04 Å². The minimum Gasteiger partial charge on any atom is -0.308 e. The molecule has 2 rings (SSSR count). The fourth-order valence-electron chi connectivity index (χ4n) is 1.80. The number of aryl methyl sites for hydroxylation is 1. The van der Waals surface area contributed by atoms with Crippen molar-refractivity contribution in [1.82, 2.24) is 15.6 Å². The molecule has 4 heteroatoms. The number of hydrogen-bond acceptors (Lipinski definition) is 4. The molecular formula is C11H19N3O. The van der Waals surface area contributed by atoms with Crippen LogP contribution in [0.2, 0.25) is 0 Å². The molecule has 0 radical (unpaired) electrons. The van der Waals surface area contributed by atoms with Crippen molar-refractivity contribution in [3.63, 3.8) is 0 Å². The van der Waals surface area contributed by atoms with Gasteiger partial charge in [-0.15, -0.1) is 0 Å². The molecule has 1 fully saturated rings. The van der Waals surface area contributed by atoms with Crippen LogP contribution in [0.25, 0.3) is 0 Å². The van der Waals surface area contributed by atoms with Gasteiger partial charge in [0, 0.05) is 12.6 Å². The average Bonchev–Trinajstić information content (AvgIpc) is 2.96. The normalized spacial score (nSPS) is 18.0. The van der Waals surface area contributed by atoms with E-state index in [1.54, 1.807) is 0 Å². The van der Waals surface area contributed by atoms with Crippen LogP contribution < -0.4 is 5.32 Å². The summed E-state index contributed by atoms with van der Waals surface area (Å²) >= 11 is 0. The van der Waals surface area contributed by atoms with Crippen LogP contribution in [0.1, 0.15) is 44.0 Å². The first-order valence-electron chi connectivity index (χ1n) is 5.81. The van der Waals surface area contributed by atoms with E-state index in [0.717, 1.165) is 23.9 Å². The van der Waals surface area contributed by atoms with E-state index in [1.807, 2.05) is 6.92 Å². The number of nitrogens with one attached hydrogen (secondary N) is 1. The zero-order valence-electron chi connectivity index (χ0n) is 9.49. The molecule has 4 nitrogen and oxygen atoms in total. The highest BCUT2D eigenvalue weighted by atomic mass is 16.6. The molecule has 84 valence electrons. The highest BCUT2D eigenvalue weighted by Gasteiger charge is 2.24. The Kier molecular flexibility index (Phi) is 3.36. The monoisotopic (exact) mass is 209 g/mol. The van der Waals surface area contributed by atoms with E-state index >= 15 is 0 Å². The predicted molar refractivity (Wildman–Crippen MR) is 57.3 cm³/mol. The highest BCUT2D eigenvalue weighted by Crippen LogP contribution is 2.34. The molecule has 15 heavy (non-hydrogen) atoms. The van der Waals surface area contributed by atoms with Gasteiger partial charge in [-0.1, -0.05) is 30.1 Å². The Hall–Kier alpha value is -0.900. The zero-order valence-corrected chi connectivity index (χ0v) is 9.49. The molecule has 0 saturated heterocycles. The molecule has 0 aromatic carbocycles. The van der Waals surface area contributed by atoms with E-state index < -0.39 is 0 Å². The molecular weight excluding hydrogens is 190 g/mol. The van der Waals surface area contributed by atoms with Crippen LogP contribution in [0.15, 0.2) is 4.63 Å². The maximum absolute atomic E-state index is 4.66. The molecule has 1 aliphatic rings. The first-order valence-corrected chi connectivity index (χ1v) is 5.81. The molecule has 0 amide bonds. The fourth-order valence-corrected chi connectivity index (χ4v) is 1.80. The first kappa shape index (κ1) is 10.6. The van der Waals surface area contributed by atoms with Gasteiger partial charge in [0.25, 0.3) is 0 Å². The van der Waals surface area contributed by atoms with Gasteiger partial charge >= 0.3 is 0 Å². The SMILES string of the molecule is CCC(CC1CC1)NCc1nonc1C. The van der Waals surface area contributed by atoms with Gasteiger partial charge in [-0.2, -0.15) is 0 Å². The lowest BCUT2D eigenvalue weighted by Crippen LogP contribution is -2.28. The minimum atomic E-state index is 0.619. The van der Waals surface area contributed by atoms with Crippen molar-refractivity contribution in [3.8, 4) is 0 Å². The minimum absolute atomic E-state index is 0.619. The maximum atomic E-state index is 4.66. The maximum Gasteiger partial charge on any atom is 0.121 e. The first-order chi connectivity index (χ1) is 7.29. The van der Waals surface area contributed by atoms with E-state index in [9.17, 15) is 0 Å². The van der Waals surface area contributed by atoms with Crippen LogP contribution in [-0.2, 0) is 6.54 Å². The third-order valence-electron chi connectivity index (χ3n) is 3.11. The summed E-state index contributed by atoms with van der Waals surface area (Å²) in [5, 5.41) is 11.2. The van der Waals surface area contributed by atoms with Crippen molar-refractivity contribution in [2.24, 2.45) is 5.92 Å². The Morgan fingerprint density at radius 3 is 2.80 bits per heavy atom. The third-order valence-corrected chi connectivity index (χ3v) is 3.11. The van der Waals surface area contributed by atoms with Crippen molar-refractivity contribution in [1.29, 1.82) is 0 Å². The number of aromatic nitrogens is 2. The molecule has 1 saturated carbocycles. The quantitative estimate of drug-likeness (QED) is 0.779. The van der Waals surface area contributed by atoms with E-state index in [2.05, 4.69) is 27.2 Å². The smallest absolute Gasteiger partial charge is 0.121 e. The second kappa shape index (κ2) is 4.75. The second-order valence-electron chi connectivity index (χ2n) is 4.46. The number of nitrogens with zero attached hydrogens (tertiary/aromatic N) is 2. The lowest BCUT2D eigenvalue weighted by Gasteiger charge is -2.15. The van der Waals surface area contributed by atoms with Gasteiger partial charge < -0.3 is 5.32 Å². The van der Waals surface area contributed by atoms with Gasteiger partial charge in [-0.25, -0.2) is 4.63 Å². The Balaban J connectivity index is 1.77. The fraction of sp³-hybridized carbons (Fsp3) is 0.818. The summed E-state index contributed by atoms with van der Waals surface area (Å²) in [7, 11) is 0. The lowest BCUT2D eigenvalue weighted by atomic mass is 10.1. The van der Waals surface area contributed by atoms with Crippen molar-refractivity contribution < 1.29 is 4.63 Å². The van der Waals surface area contributed by atoms with Crippen LogP contribution in [0, 0.1) is 12.8 Å². The molecule has 1 atom stereocenters. The Bertz CT molecular complexity index is 307. The standard InChI is InChI=1S/C11H19N3O/c1-3-10(6-9-4-5-9)12-7-11-8(2)13-15-14-11/h9-10,12H,3-7H2,1-2H3. The summed E-state index contributed by atoms with van der Waals surface area (Å²) in [6, 6.07) is 0.619. The molecule has 0 aliphatic heterocycles. The predicted octanol–water partition coefficient (Wildman–Crippen LogP) is 2.05. The van der Waals surface area contributed by atoms with Crippen molar-refractivity contribution in [2.75, 3.05) is 0 Å². The van der Waals surface area contributed by atoms with Gasteiger partial charge in [0.15, 0.2) is 0 Å². The topological polar surface area (TPSA) is 51.0 Å². The second-order valence-corrected chi connectivity index (χ2v) is 4.46. The third kappa shape index (κ3) is 3.02. The van der Waals surface area contributed by atoms with Gasteiger partial charge in [0.05, 0.1) is 0 Å². The summed E-state index contributed by atoms with van der Waals surface area (Å²) in [4.78, 5) is 0. The number of hydrogen-bond donors (Lipinski definition) is 1. The Morgan fingerprint density at radius 2 is 2.27 bits per heavy atom. The van der Waals surface area contributed by atoms with Crippen molar-refractivity contribution >= 4 is 0 Å². The molecule has 1 unspecified atom stereocenters. The van der Waals surface area contributed by atoms with Crippen LogP contribution in [0.4, 0.5) is 0 Å². The molecule has 1 heterocycles. The zero-order chi connectivity index (χ0) is 10.7. The molecule has 1 aromatic heterocycles. The van der Waals surface area contributed by atoms with Crippen molar-refractivity contribution in [3.05, 3.63) is 11.4 Å². The molecule has 0 bridgehead atoms. The van der Waals surface area contributed by atoms with E-state index in [1.165, 1.54) is 25.7 Å². The number of rotatable bonds is 6. The molecule has 0 spiro atoms. The average molecular weight is 209 g/mol. The summed E-state index contributed by atoms with van der Waals surface area (Å²) in [5.74, 6) is 0.971. The summed E-state index contributed by atoms with van der Waals surface area (Å²) in [5.41, 5.74) is 1.83. The largest absolute Gasteiger partial charge is 0.308 e. The molecule has 1 aliphatic carbocycles. The van der Waals surface area contributed by atoms with Crippen molar-refractivity contribution in [2.45, 2.75) is 52.1 Å². The van der Waals surface area contributed by atoms with E-state index in [-0.39, 0.29) is 0 Å². The highest BCUT2D eigenvalue weighted by molar-refractivity contribution is 5.04. The molecule has 1 aromatic rings. The summed E-state index contributed by atoms with van der Waals surface area (Å²) in [6.45, 7) is 4.93. The van der Waals surface area contributed by atoms with Gasteiger partial charge in [0.1, 0.15) is 11.4 Å². The van der Waals surface area contributed by atoms with Crippen LogP contribution in [0.3, 0.4) is 0 Å². The van der Waals surface area contributed by atoms with Crippen LogP contribution >= 0.6 is 0 Å². The lowest BCUT2D eigenvalue weighted by molar-refractivity contribution is 0.299. The van der Waals surface area contributed by atoms with Crippen LogP contribution in [-0.4, -0.2) is 16.4 Å². The van der Waals surface area contributed by atoms with Crippen LogP contribution in [0.5, 0.6) is 0 Å². The summed E-state index contributed by atoms with van der Waals surface area (Å²) in [6.07, 6.45) is 5.33. The van der Waals surface area contributed by atoms with Gasteiger partial charge in [0.2, 0.25) is 0 Å². The Labute approximate surface area is 90.4 Å². The van der Waals surface area contributed by atoms with Gasteiger partial charge in [-0.3, -0.25) is 0 Å².